The third kappa shape index (κ3) is 1.96. The lowest BCUT2D eigenvalue weighted by Crippen LogP contribution is -2.40. The lowest BCUT2D eigenvalue weighted by Gasteiger charge is -2.21. The van der Waals surface area contributed by atoms with E-state index in [1.807, 2.05) is 36.4 Å². The molecule has 1 heterocycles. The molecule has 84 valence electrons. The van der Waals surface area contributed by atoms with Crippen molar-refractivity contribution in [2.45, 2.75) is 12.6 Å². The van der Waals surface area contributed by atoms with Gasteiger partial charge in [-0.3, -0.25) is 0 Å². The van der Waals surface area contributed by atoms with Gasteiger partial charge < -0.3 is 5.73 Å². The van der Waals surface area contributed by atoms with Gasteiger partial charge in [0.05, 0.1) is 30.0 Å². The number of hydrogen-bond donors (Lipinski definition) is 1. The number of nitrogens with zero attached hydrogens (tertiary/aromatic N) is 4. The fraction of sp³-hybridized carbons (Fsp3) is 0.250. The largest absolute Gasteiger partial charge is 0.308 e. The van der Waals surface area contributed by atoms with E-state index in [1.54, 1.807) is 5.01 Å². The molecule has 1 aromatic carbocycles. The van der Waals surface area contributed by atoms with E-state index in [0.717, 1.165) is 5.69 Å². The summed E-state index contributed by atoms with van der Waals surface area (Å²) in [5, 5.41) is 23.6. The van der Waals surface area contributed by atoms with Gasteiger partial charge in [0.15, 0.2) is 0 Å². The lowest BCUT2D eigenvalue weighted by molar-refractivity contribution is 0.622. The van der Waals surface area contributed by atoms with Gasteiger partial charge in [0, 0.05) is 0 Å². The second kappa shape index (κ2) is 4.65. The third-order valence-corrected chi connectivity index (χ3v) is 2.64. The van der Waals surface area contributed by atoms with Crippen molar-refractivity contribution in [3.05, 3.63) is 30.3 Å². The van der Waals surface area contributed by atoms with Crippen molar-refractivity contribution < 1.29 is 0 Å². The minimum Gasteiger partial charge on any atom is -0.308 e. The summed E-state index contributed by atoms with van der Waals surface area (Å²) in [6.07, 6.45) is -0.388. The van der Waals surface area contributed by atoms with E-state index in [-0.39, 0.29) is 6.42 Å². The maximum atomic E-state index is 9.05. The molecule has 5 nitrogen and oxygen atoms in total. The molecule has 1 aliphatic heterocycles. The molecule has 0 bridgehead atoms. The molecule has 0 spiro atoms. The molecule has 2 rings (SSSR count). The third-order valence-electron chi connectivity index (χ3n) is 2.64. The van der Waals surface area contributed by atoms with Gasteiger partial charge in [0.1, 0.15) is 12.1 Å². The Kier molecular flexibility index (Phi) is 3.04. The van der Waals surface area contributed by atoms with E-state index in [4.69, 9.17) is 16.3 Å². The Hall–Kier alpha value is -2.37. The van der Waals surface area contributed by atoms with Crippen molar-refractivity contribution in [2.75, 3.05) is 5.01 Å². The first-order valence-corrected chi connectivity index (χ1v) is 5.21. The first-order chi connectivity index (χ1) is 8.27. The summed E-state index contributed by atoms with van der Waals surface area (Å²) in [5.41, 5.74) is 7.33. The summed E-state index contributed by atoms with van der Waals surface area (Å²) in [4.78, 5) is 0. The van der Waals surface area contributed by atoms with Crippen LogP contribution in [0.3, 0.4) is 0 Å². The van der Waals surface area contributed by atoms with Gasteiger partial charge >= 0.3 is 0 Å². The molecule has 0 radical (unpaired) electrons. The predicted octanol–water partition coefficient (Wildman–Crippen LogP) is 1.20. The van der Waals surface area contributed by atoms with Crippen LogP contribution in [-0.4, -0.2) is 11.9 Å². The van der Waals surface area contributed by atoms with Crippen LogP contribution in [0.5, 0.6) is 0 Å². The monoisotopic (exact) mass is 225 g/mol. The van der Waals surface area contributed by atoms with Crippen molar-refractivity contribution in [1.82, 2.24) is 0 Å². The summed E-state index contributed by atoms with van der Waals surface area (Å²) in [6.45, 7) is 0. The molecule has 0 amide bonds. The standard InChI is InChI=1S/C12H11N5/c13-7-6-11-10(8-14)12(15)17(16-11)9-4-2-1-3-5-9/h1-5,10,12H,6,15H2/t10-,12+/m0/s1. The Balaban J connectivity index is 2.33. The van der Waals surface area contributed by atoms with Gasteiger partial charge in [0.2, 0.25) is 0 Å². The van der Waals surface area contributed by atoms with E-state index >= 15 is 0 Å². The first kappa shape index (κ1) is 11.1. The summed E-state index contributed by atoms with van der Waals surface area (Å²) >= 11 is 0. The molecule has 0 saturated carbocycles. The molecule has 5 heteroatoms. The highest BCUT2D eigenvalue weighted by Crippen LogP contribution is 2.26. The molecule has 2 N–H and O–H groups in total. The average Bonchev–Trinajstić information content (AvgIpc) is 2.67. The van der Waals surface area contributed by atoms with Crippen molar-refractivity contribution in [3.63, 3.8) is 0 Å². The molecule has 0 saturated heterocycles. The summed E-state index contributed by atoms with van der Waals surface area (Å²) in [5.74, 6) is -0.519. The van der Waals surface area contributed by atoms with Crippen molar-refractivity contribution in [2.24, 2.45) is 16.8 Å². The van der Waals surface area contributed by atoms with Crippen LogP contribution >= 0.6 is 0 Å². The minimum absolute atomic E-state index is 0.134. The molecule has 0 fully saturated rings. The van der Waals surface area contributed by atoms with Crippen LogP contribution in [0.4, 0.5) is 5.69 Å². The van der Waals surface area contributed by atoms with Crippen LogP contribution in [0.15, 0.2) is 35.4 Å². The van der Waals surface area contributed by atoms with Crippen molar-refractivity contribution in [3.8, 4) is 12.1 Å². The van der Waals surface area contributed by atoms with Gasteiger partial charge in [-0.1, -0.05) is 18.2 Å². The Morgan fingerprint density at radius 1 is 1.29 bits per heavy atom. The summed E-state index contributed by atoms with van der Waals surface area (Å²) in [6, 6.07) is 13.5. The summed E-state index contributed by atoms with van der Waals surface area (Å²) < 4.78 is 0. The van der Waals surface area contributed by atoms with E-state index in [0.29, 0.717) is 5.71 Å². The smallest absolute Gasteiger partial charge is 0.123 e. The number of rotatable bonds is 2. The molecule has 17 heavy (non-hydrogen) atoms. The highest BCUT2D eigenvalue weighted by molar-refractivity contribution is 5.94. The zero-order valence-corrected chi connectivity index (χ0v) is 9.11. The Bertz CT molecular complexity index is 508. The van der Waals surface area contributed by atoms with Crippen LogP contribution in [0.2, 0.25) is 0 Å². The Morgan fingerprint density at radius 2 is 2.00 bits per heavy atom. The number of nitriles is 2. The molecule has 0 unspecified atom stereocenters. The van der Waals surface area contributed by atoms with Crippen LogP contribution in [0, 0.1) is 28.6 Å². The highest BCUT2D eigenvalue weighted by Gasteiger charge is 2.35. The highest BCUT2D eigenvalue weighted by atomic mass is 15.5. The number of hydrazone groups is 1. The number of hydrogen-bond acceptors (Lipinski definition) is 5. The van der Waals surface area contributed by atoms with Gasteiger partial charge in [-0.15, -0.1) is 0 Å². The second-order valence-electron chi connectivity index (χ2n) is 3.70. The first-order valence-electron chi connectivity index (χ1n) is 5.21. The van der Waals surface area contributed by atoms with Gasteiger partial charge in [0.25, 0.3) is 0 Å². The van der Waals surface area contributed by atoms with Gasteiger partial charge in [-0.25, -0.2) is 5.01 Å². The normalized spacial score (nSPS) is 22.8. The molecule has 0 aromatic heterocycles. The molecule has 2 atom stereocenters. The fourth-order valence-corrected chi connectivity index (χ4v) is 1.79. The number of nitrogens with two attached hydrogens (primary N) is 1. The SMILES string of the molecule is N#CCC1=NN(c2ccccc2)[C@@H](N)[C@H]1C#N. The zero-order chi connectivity index (χ0) is 12.3. The molecule has 1 aromatic rings. The summed E-state index contributed by atoms with van der Waals surface area (Å²) in [7, 11) is 0. The van der Waals surface area contributed by atoms with Crippen molar-refractivity contribution in [1.29, 1.82) is 10.5 Å². The van der Waals surface area contributed by atoms with Gasteiger partial charge in [-0.2, -0.15) is 15.6 Å². The Morgan fingerprint density at radius 3 is 2.59 bits per heavy atom. The average molecular weight is 225 g/mol. The van der Waals surface area contributed by atoms with Crippen LogP contribution in [0.1, 0.15) is 6.42 Å². The number of anilines is 1. The molecule has 0 aliphatic carbocycles. The molecular weight excluding hydrogens is 214 g/mol. The zero-order valence-electron chi connectivity index (χ0n) is 9.11. The quantitative estimate of drug-likeness (QED) is 0.818. The second-order valence-corrected chi connectivity index (χ2v) is 3.70. The van der Waals surface area contributed by atoms with Crippen LogP contribution in [-0.2, 0) is 0 Å². The maximum Gasteiger partial charge on any atom is 0.123 e. The predicted molar refractivity (Wildman–Crippen MR) is 63.7 cm³/mol. The van der Waals surface area contributed by atoms with Gasteiger partial charge in [-0.05, 0) is 12.1 Å². The number of para-hydroxylation sites is 1. The van der Waals surface area contributed by atoms with E-state index in [1.165, 1.54) is 0 Å². The molecule has 1 aliphatic rings. The minimum atomic E-state index is -0.522. The van der Waals surface area contributed by atoms with Crippen LogP contribution in [0.25, 0.3) is 0 Å². The van der Waals surface area contributed by atoms with Crippen molar-refractivity contribution >= 4 is 11.4 Å². The van der Waals surface area contributed by atoms with E-state index in [2.05, 4.69) is 11.2 Å². The van der Waals surface area contributed by atoms with Crippen LogP contribution < -0.4 is 10.7 Å². The number of benzene rings is 1. The van der Waals surface area contributed by atoms with E-state index in [9.17, 15) is 0 Å². The topological polar surface area (TPSA) is 89.2 Å². The fourth-order valence-electron chi connectivity index (χ4n) is 1.79. The Labute approximate surface area is 99.4 Å². The molecular formula is C12H11N5. The van der Waals surface area contributed by atoms with E-state index < -0.39 is 12.1 Å². The maximum absolute atomic E-state index is 9.05. The lowest BCUT2D eigenvalue weighted by atomic mass is 10.0.